The van der Waals surface area contributed by atoms with Gasteiger partial charge in [0, 0.05) is 36.9 Å². The number of aryl methyl sites for hydroxylation is 1. The molecule has 0 aliphatic rings. The minimum atomic E-state index is 0.00417. The molecule has 2 aromatic heterocycles. The lowest BCUT2D eigenvalue weighted by Gasteiger charge is -2.25. The minimum Gasteiger partial charge on any atom is -0.334 e. The van der Waals surface area contributed by atoms with Gasteiger partial charge in [0.2, 0.25) is 0 Å². The Morgan fingerprint density at radius 3 is 2.70 bits per heavy atom. The number of aromatic nitrogens is 2. The third-order valence-corrected chi connectivity index (χ3v) is 5.12. The van der Waals surface area contributed by atoms with Gasteiger partial charge in [-0.25, -0.2) is 4.98 Å². The quantitative estimate of drug-likeness (QED) is 0.727. The van der Waals surface area contributed by atoms with E-state index in [2.05, 4.69) is 11.1 Å². The number of thiophene rings is 1. The first kappa shape index (κ1) is 15.5. The van der Waals surface area contributed by atoms with Crippen molar-refractivity contribution < 1.29 is 4.79 Å². The monoisotopic (exact) mass is 325 g/mol. The first-order chi connectivity index (χ1) is 11.1. The molecule has 3 rings (SSSR count). The molecule has 1 aromatic carbocycles. The maximum atomic E-state index is 13.0. The molecule has 0 radical (unpaired) electrons. The van der Waals surface area contributed by atoms with Crippen LogP contribution in [0.4, 0.5) is 0 Å². The Labute approximate surface area is 140 Å². The zero-order valence-corrected chi connectivity index (χ0v) is 14.2. The molecule has 0 N–H and O–H groups in total. The zero-order valence-electron chi connectivity index (χ0n) is 13.4. The average molecular weight is 325 g/mol. The fourth-order valence-corrected chi connectivity index (χ4v) is 3.40. The molecule has 3 aromatic rings. The Kier molecular flexibility index (Phi) is 4.30. The molecule has 0 spiro atoms. The van der Waals surface area contributed by atoms with Crippen molar-refractivity contribution in [3.63, 3.8) is 0 Å². The number of carbonyl (C=O) groups is 1. The molecule has 2 heterocycles. The van der Waals surface area contributed by atoms with E-state index in [0.717, 1.165) is 11.4 Å². The molecule has 1 amide bonds. The van der Waals surface area contributed by atoms with Crippen LogP contribution in [0.5, 0.6) is 0 Å². The molecule has 23 heavy (non-hydrogen) atoms. The second-order valence-corrected chi connectivity index (χ2v) is 6.49. The molecule has 0 saturated heterocycles. The molecule has 5 heteroatoms. The van der Waals surface area contributed by atoms with Crippen molar-refractivity contribution in [2.24, 2.45) is 7.05 Å². The van der Waals surface area contributed by atoms with Crippen molar-refractivity contribution in [1.82, 2.24) is 14.5 Å². The number of amides is 1. The number of benzene rings is 1. The van der Waals surface area contributed by atoms with Crippen LogP contribution in [0.3, 0.4) is 0 Å². The van der Waals surface area contributed by atoms with Crippen LogP contribution in [-0.2, 0) is 7.05 Å². The topological polar surface area (TPSA) is 38.1 Å². The van der Waals surface area contributed by atoms with Gasteiger partial charge in [0.25, 0.3) is 5.91 Å². The van der Waals surface area contributed by atoms with Crippen LogP contribution in [0.2, 0.25) is 0 Å². The summed E-state index contributed by atoms with van der Waals surface area (Å²) < 4.78 is 1.93. The van der Waals surface area contributed by atoms with Crippen molar-refractivity contribution in [2.75, 3.05) is 7.05 Å². The van der Waals surface area contributed by atoms with Crippen LogP contribution in [0.15, 0.2) is 54.2 Å². The summed E-state index contributed by atoms with van der Waals surface area (Å²) in [6.45, 7) is 2.05. The van der Waals surface area contributed by atoms with Crippen molar-refractivity contribution in [1.29, 1.82) is 0 Å². The standard InChI is InChI=1S/C18H19N3OS/c1-13(16-9-6-12-23-16)21(3)18(22)15-8-5-4-7-14(15)17-19-10-11-20(17)2/h4-13H,1-3H3. The second kappa shape index (κ2) is 6.38. The fraction of sp³-hybridized carbons (Fsp3) is 0.222. The molecule has 0 saturated carbocycles. The van der Waals surface area contributed by atoms with Gasteiger partial charge in [-0.2, -0.15) is 0 Å². The maximum absolute atomic E-state index is 13.0. The lowest BCUT2D eigenvalue weighted by atomic mass is 10.0. The van der Waals surface area contributed by atoms with E-state index >= 15 is 0 Å². The number of imidazole rings is 1. The number of rotatable bonds is 4. The summed E-state index contributed by atoms with van der Waals surface area (Å²) in [5.41, 5.74) is 1.53. The van der Waals surface area contributed by atoms with E-state index in [9.17, 15) is 4.79 Å². The van der Waals surface area contributed by atoms with Gasteiger partial charge in [0.15, 0.2) is 0 Å². The summed E-state index contributed by atoms with van der Waals surface area (Å²) in [6.07, 6.45) is 3.63. The highest BCUT2D eigenvalue weighted by atomic mass is 32.1. The molecule has 0 fully saturated rings. The van der Waals surface area contributed by atoms with Crippen molar-refractivity contribution in [3.05, 3.63) is 64.6 Å². The third-order valence-electron chi connectivity index (χ3n) is 4.08. The fourth-order valence-electron chi connectivity index (χ4n) is 2.58. The van der Waals surface area contributed by atoms with Gasteiger partial charge < -0.3 is 9.47 Å². The molecule has 1 atom stereocenters. The van der Waals surface area contributed by atoms with Gasteiger partial charge in [-0.3, -0.25) is 4.79 Å². The van der Waals surface area contributed by atoms with Crippen LogP contribution >= 0.6 is 11.3 Å². The highest BCUT2D eigenvalue weighted by Gasteiger charge is 2.23. The van der Waals surface area contributed by atoms with E-state index in [-0.39, 0.29) is 11.9 Å². The summed E-state index contributed by atoms with van der Waals surface area (Å²) in [5.74, 6) is 0.802. The van der Waals surface area contributed by atoms with Crippen LogP contribution in [0.25, 0.3) is 11.4 Å². The Morgan fingerprint density at radius 2 is 2.04 bits per heavy atom. The molecule has 0 bridgehead atoms. The van der Waals surface area contributed by atoms with Crippen molar-refractivity contribution >= 4 is 17.2 Å². The van der Waals surface area contributed by atoms with Crippen molar-refractivity contribution in [3.8, 4) is 11.4 Å². The first-order valence-corrected chi connectivity index (χ1v) is 8.35. The summed E-state index contributed by atoms with van der Waals surface area (Å²) in [4.78, 5) is 20.3. The van der Waals surface area contributed by atoms with E-state index in [1.165, 1.54) is 4.88 Å². The van der Waals surface area contributed by atoms with E-state index in [4.69, 9.17) is 0 Å². The maximum Gasteiger partial charge on any atom is 0.254 e. The number of nitrogens with zero attached hydrogens (tertiary/aromatic N) is 3. The van der Waals surface area contributed by atoms with Gasteiger partial charge in [-0.15, -0.1) is 11.3 Å². The number of hydrogen-bond acceptors (Lipinski definition) is 3. The van der Waals surface area contributed by atoms with Crippen LogP contribution in [-0.4, -0.2) is 27.4 Å². The number of carbonyl (C=O) groups excluding carboxylic acids is 1. The molecule has 0 aliphatic heterocycles. The predicted octanol–water partition coefficient (Wildman–Crippen LogP) is 3.98. The van der Waals surface area contributed by atoms with Gasteiger partial charge in [-0.1, -0.05) is 24.3 Å². The summed E-state index contributed by atoms with van der Waals surface area (Å²) in [6, 6.07) is 11.7. The highest BCUT2D eigenvalue weighted by molar-refractivity contribution is 7.10. The lowest BCUT2D eigenvalue weighted by Crippen LogP contribution is -2.29. The summed E-state index contributed by atoms with van der Waals surface area (Å²) >= 11 is 1.67. The summed E-state index contributed by atoms with van der Waals surface area (Å²) in [5, 5.41) is 2.03. The van der Waals surface area contributed by atoms with E-state index < -0.39 is 0 Å². The normalized spacial score (nSPS) is 12.1. The highest BCUT2D eigenvalue weighted by Crippen LogP contribution is 2.28. The van der Waals surface area contributed by atoms with Gasteiger partial charge in [0.05, 0.1) is 11.6 Å². The van der Waals surface area contributed by atoms with Crippen LogP contribution < -0.4 is 0 Å². The SMILES string of the molecule is CC(c1cccs1)N(C)C(=O)c1ccccc1-c1nccn1C. The molecule has 1 unspecified atom stereocenters. The zero-order chi connectivity index (χ0) is 16.4. The summed E-state index contributed by atoms with van der Waals surface area (Å²) in [7, 11) is 3.78. The van der Waals surface area contributed by atoms with Gasteiger partial charge in [-0.05, 0) is 24.4 Å². The van der Waals surface area contributed by atoms with E-state index in [1.807, 2.05) is 67.5 Å². The Hall–Kier alpha value is -2.40. The Balaban J connectivity index is 1.96. The van der Waals surface area contributed by atoms with Crippen LogP contribution in [0.1, 0.15) is 28.2 Å². The minimum absolute atomic E-state index is 0.00417. The Bertz CT molecular complexity index is 807. The van der Waals surface area contributed by atoms with E-state index in [0.29, 0.717) is 5.56 Å². The smallest absolute Gasteiger partial charge is 0.254 e. The Morgan fingerprint density at radius 1 is 1.26 bits per heavy atom. The molecule has 0 aliphatic carbocycles. The second-order valence-electron chi connectivity index (χ2n) is 5.51. The van der Waals surface area contributed by atoms with Crippen LogP contribution in [0, 0.1) is 0 Å². The number of hydrogen-bond donors (Lipinski definition) is 0. The molecule has 4 nitrogen and oxygen atoms in total. The lowest BCUT2D eigenvalue weighted by molar-refractivity contribution is 0.0745. The van der Waals surface area contributed by atoms with Gasteiger partial charge >= 0.3 is 0 Å². The van der Waals surface area contributed by atoms with Crippen molar-refractivity contribution in [2.45, 2.75) is 13.0 Å². The first-order valence-electron chi connectivity index (χ1n) is 7.47. The predicted molar refractivity (Wildman–Crippen MR) is 93.5 cm³/mol. The molecule has 118 valence electrons. The van der Waals surface area contributed by atoms with Gasteiger partial charge in [0.1, 0.15) is 5.82 Å². The largest absolute Gasteiger partial charge is 0.334 e. The average Bonchev–Trinajstić information content (AvgIpc) is 3.24. The molecular formula is C18H19N3OS. The van der Waals surface area contributed by atoms with E-state index in [1.54, 1.807) is 22.4 Å². The third kappa shape index (κ3) is 2.92. The molecular weight excluding hydrogens is 306 g/mol.